The van der Waals surface area contributed by atoms with Gasteiger partial charge >= 0.3 is 0 Å². The van der Waals surface area contributed by atoms with E-state index in [1.807, 2.05) is 12.3 Å². The Labute approximate surface area is 173 Å². The van der Waals surface area contributed by atoms with Crippen LogP contribution in [0.1, 0.15) is 23.7 Å². The summed E-state index contributed by atoms with van der Waals surface area (Å²) in [7, 11) is 0. The predicted molar refractivity (Wildman–Crippen MR) is 114 cm³/mol. The summed E-state index contributed by atoms with van der Waals surface area (Å²) >= 11 is 0. The lowest BCUT2D eigenvalue weighted by Crippen LogP contribution is -2.47. The van der Waals surface area contributed by atoms with Gasteiger partial charge in [0.1, 0.15) is 5.82 Å². The summed E-state index contributed by atoms with van der Waals surface area (Å²) in [6, 6.07) is 14.9. The second-order valence-electron chi connectivity index (χ2n) is 6.61. The van der Waals surface area contributed by atoms with Crippen LogP contribution in [0.2, 0.25) is 0 Å². The molecule has 0 radical (unpaired) electrons. The molecule has 1 aromatic heterocycles. The van der Waals surface area contributed by atoms with Gasteiger partial charge in [0.25, 0.3) is 0 Å². The van der Waals surface area contributed by atoms with Crippen molar-refractivity contribution in [3.63, 3.8) is 0 Å². The lowest BCUT2D eigenvalue weighted by molar-refractivity contribution is 0.0289. The number of anilines is 1. The van der Waals surface area contributed by atoms with Crippen LogP contribution in [0, 0.1) is 0 Å². The topological polar surface area (TPSA) is 60.1 Å². The summed E-state index contributed by atoms with van der Waals surface area (Å²) in [4.78, 5) is 9.39. The van der Waals surface area contributed by atoms with Crippen molar-refractivity contribution in [2.24, 2.45) is 0 Å². The molecule has 7 heteroatoms. The number of benzene rings is 1. The lowest BCUT2D eigenvalue weighted by Gasteiger charge is -2.36. The maximum absolute atomic E-state index is 6.04. The van der Waals surface area contributed by atoms with Crippen LogP contribution in [-0.4, -0.2) is 54.7 Å². The summed E-state index contributed by atoms with van der Waals surface area (Å²) in [5.41, 5.74) is 2.87. The zero-order chi connectivity index (χ0) is 16.2. The Hall–Kier alpha value is -1.37. The number of fused-ring (bicyclic) bond motifs is 1. The number of pyridine rings is 1. The van der Waals surface area contributed by atoms with E-state index in [-0.39, 0.29) is 36.4 Å². The first-order valence-electron chi connectivity index (χ1n) is 8.98. The van der Waals surface area contributed by atoms with Crippen molar-refractivity contribution in [2.75, 3.05) is 44.2 Å². The molecule has 0 aliphatic carbocycles. The highest BCUT2D eigenvalue weighted by Gasteiger charge is 2.23. The van der Waals surface area contributed by atoms with Crippen molar-refractivity contribution < 1.29 is 10.2 Å². The van der Waals surface area contributed by atoms with E-state index in [9.17, 15) is 0 Å². The highest BCUT2D eigenvalue weighted by molar-refractivity contribution is 5.85. The monoisotopic (exact) mass is 413 g/mol. The fourth-order valence-electron chi connectivity index (χ4n) is 3.76. The van der Waals surface area contributed by atoms with Crippen molar-refractivity contribution in [1.29, 1.82) is 0 Å². The Balaban J connectivity index is 0.00000121. The first kappa shape index (κ1) is 23.7. The Kier molecular flexibility index (Phi) is 10.1. The van der Waals surface area contributed by atoms with Crippen molar-refractivity contribution in [2.45, 2.75) is 18.9 Å². The third-order valence-corrected chi connectivity index (χ3v) is 5.15. The van der Waals surface area contributed by atoms with Crippen LogP contribution >= 0.6 is 24.8 Å². The maximum atomic E-state index is 6.04. The summed E-state index contributed by atoms with van der Waals surface area (Å²) < 4.78 is 6.04. The number of nitrogens with zero attached hydrogens (tertiary/aromatic N) is 3. The third kappa shape index (κ3) is 5.80. The van der Waals surface area contributed by atoms with Gasteiger partial charge in [-0.1, -0.05) is 30.3 Å². The molecule has 1 atom stereocenters. The molecule has 0 amide bonds. The number of ether oxygens (including phenoxy) is 1. The molecule has 1 saturated heterocycles. The molecule has 0 spiro atoms. The molecule has 4 rings (SSSR count). The van der Waals surface area contributed by atoms with Crippen LogP contribution in [-0.2, 0) is 11.2 Å². The molecule has 1 fully saturated rings. The largest absolute Gasteiger partial charge is 0.412 e. The van der Waals surface area contributed by atoms with Gasteiger partial charge in [0, 0.05) is 38.9 Å². The normalized spacial score (nSPS) is 19.1. The molecule has 2 aliphatic rings. The third-order valence-electron chi connectivity index (χ3n) is 5.15. The van der Waals surface area contributed by atoms with E-state index in [0.717, 1.165) is 58.0 Å². The molecule has 2 aliphatic heterocycles. The SMILES string of the molecule is Cl.Cl.O.c1ccc(N2CCN(CCC3OCCc4ccccc43)CC2)nc1. The van der Waals surface area contributed by atoms with Gasteiger partial charge in [0.05, 0.1) is 12.7 Å². The molecule has 5 nitrogen and oxygen atoms in total. The quantitative estimate of drug-likeness (QED) is 0.772. The Morgan fingerprint density at radius 3 is 2.44 bits per heavy atom. The minimum absolute atomic E-state index is 0. The molecule has 1 unspecified atom stereocenters. The van der Waals surface area contributed by atoms with E-state index < -0.39 is 0 Å². The van der Waals surface area contributed by atoms with Crippen LogP contribution in [0.4, 0.5) is 5.82 Å². The van der Waals surface area contributed by atoms with Gasteiger partial charge in [-0.05, 0) is 36.1 Å². The van der Waals surface area contributed by atoms with Crippen LogP contribution in [0.5, 0.6) is 0 Å². The van der Waals surface area contributed by atoms with E-state index in [1.165, 1.54) is 11.1 Å². The fraction of sp³-hybridized carbons (Fsp3) is 0.450. The van der Waals surface area contributed by atoms with Crippen molar-refractivity contribution in [1.82, 2.24) is 9.88 Å². The zero-order valence-electron chi connectivity index (χ0n) is 15.4. The van der Waals surface area contributed by atoms with Gasteiger partial charge < -0.3 is 15.1 Å². The van der Waals surface area contributed by atoms with Gasteiger partial charge in [-0.3, -0.25) is 4.90 Å². The van der Waals surface area contributed by atoms with Gasteiger partial charge in [-0.25, -0.2) is 4.98 Å². The van der Waals surface area contributed by atoms with Crippen molar-refractivity contribution in [3.05, 3.63) is 59.8 Å². The Bertz CT molecular complexity index is 667. The summed E-state index contributed by atoms with van der Waals surface area (Å²) in [6.07, 6.45) is 4.28. The van der Waals surface area contributed by atoms with Gasteiger partial charge in [0.2, 0.25) is 0 Å². The molecule has 2 N–H and O–H groups in total. The number of aromatic nitrogens is 1. The highest BCUT2D eigenvalue weighted by Crippen LogP contribution is 2.29. The average Bonchev–Trinajstić information content (AvgIpc) is 2.67. The van der Waals surface area contributed by atoms with E-state index in [4.69, 9.17) is 4.74 Å². The molecule has 0 saturated carbocycles. The lowest BCUT2D eigenvalue weighted by atomic mass is 9.95. The second-order valence-corrected chi connectivity index (χ2v) is 6.61. The van der Waals surface area contributed by atoms with Gasteiger partial charge in [-0.2, -0.15) is 0 Å². The average molecular weight is 414 g/mol. The molecular formula is C20H29Cl2N3O2. The Morgan fingerprint density at radius 1 is 0.963 bits per heavy atom. The van der Waals surface area contributed by atoms with Crippen LogP contribution in [0.25, 0.3) is 0 Å². The molecule has 2 aromatic rings. The molecule has 27 heavy (non-hydrogen) atoms. The number of halogens is 2. The first-order chi connectivity index (χ1) is 11.9. The number of hydrogen-bond acceptors (Lipinski definition) is 4. The smallest absolute Gasteiger partial charge is 0.128 e. The standard InChI is InChI=1S/C20H25N3O.2ClH.H2O/c1-2-6-18-17(5-1)9-16-24-19(18)8-11-22-12-14-23(15-13-22)20-7-3-4-10-21-20;;;/h1-7,10,19H,8-9,11-16H2;2*1H;1H2. The van der Waals surface area contributed by atoms with Crippen LogP contribution in [0.3, 0.4) is 0 Å². The van der Waals surface area contributed by atoms with Gasteiger partial charge in [-0.15, -0.1) is 24.8 Å². The van der Waals surface area contributed by atoms with Crippen LogP contribution < -0.4 is 4.90 Å². The molecule has 1 aromatic carbocycles. The minimum Gasteiger partial charge on any atom is -0.412 e. The molecular weight excluding hydrogens is 385 g/mol. The van der Waals surface area contributed by atoms with Crippen LogP contribution in [0.15, 0.2) is 48.7 Å². The zero-order valence-corrected chi connectivity index (χ0v) is 17.1. The number of piperazine rings is 1. The maximum Gasteiger partial charge on any atom is 0.128 e. The number of rotatable bonds is 4. The highest BCUT2D eigenvalue weighted by atomic mass is 35.5. The second kappa shape index (κ2) is 11.5. The van der Waals surface area contributed by atoms with E-state index >= 15 is 0 Å². The fourth-order valence-corrected chi connectivity index (χ4v) is 3.76. The summed E-state index contributed by atoms with van der Waals surface area (Å²) in [5.74, 6) is 1.10. The van der Waals surface area contributed by atoms with Gasteiger partial charge in [0.15, 0.2) is 0 Å². The molecule has 3 heterocycles. The Morgan fingerprint density at radius 2 is 1.70 bits per heavy atom. The van der Waals surface area contributed by atoms with E-state index in [0.29, 0.717) is 0 Å². The van der Waals surface area contributed by atoms with E-state index in [1.54, 1.807) is 0 Å². The summed E-state index contributed by atoms with van der Waals surface area (Å²) in [5, 5.41) is 0. The number of hydrogen-bond donors (Lipinski definition) is 0. The van der Waals surface area contributed by atoms with Crippen molar-refractivity contribution in [3.8, 4) is 0 Å². The predicted octanol–water partition coefficient (Wildman–Crippen LogP) is 2.93. The minimum atomic E-state index is 0. The first-order valence-corrected chi connectivity index (χ1v) is 8.98. The molecule has 0 bridgehead atoms. The van der Waals surface area contributed by atoms with Crippen molar-refractivity contribution >= 4 is 30.6 Å². The summed E-state index contributed by atoms with van der Waals surface area (Å²) in [6.45, 7) is 6.28. The molecule has 150 valence electrons. The van der Waals surface area contributed by atoms with E-state index in [2.05, 4.69) is 51.2 Å².